The molecule has 1 amide bonds. The minimum Gasteiger partial charge on any atom is -0.319 e. The van der Waals surface area contributed by atoms with Crippen LogP contribution < -0.4 is 5.32 Å². The van der Waals surface area contributed by atoms with E-state index in [1.807, 2.05) is 0 Å². The first-order valence-electron chi connectivity index (χ1n) is 6.81. The molecule has 1 aromatic carbocycles. The van der Waals surface area contributed by atoms with Crippen molar-refractivity contribution in [2.24, 2.45) is 0 Å². The number of hydrogen-bond acceptors (Lipinski definition) is 3. The van der Waals surface area contributed by atoms with E-state index in [4.69, 9.17) is 0 Å². The van der Waals surface area contributed by atoms with E-state index in [1.165, 1.54) is 6.07 Å². The van der Waals surface area contributed by atoms with Crippen molar-refractivity contribution in [2.45, 2.75) is 25.0 Å². The van der Waals surface area contributed by atoms with E-state index in [1.54, 1.807) is 23.1 Å². The van der Waals surface area contributed by atoms with Gasteiger partial charge in [-0.25, -0.2) is 4.39 Å². The van der Waals surface area contributed by atoms with Crippen molar-refractivity contribution < 1.29 is 13.4 Å². The van der Waals surface area contributed by atoms with Crippen molar-refractivity contribution >= 4 is 16.7 Å². The minimum absolute atomic E-state index is 0.00376. The Bertz CT molecular complexity index is 542. The Morgan fingerprint density at radius 2 is 1.95 bits per heavy atom. The number of nitrogens with one attached hydrogen (secondary N) is 1. The third kappa shape index (κ3) is 2.50. The van der Waals surface area contributed by atoms with Crippen LogP contribution in [0.25, 0.3) is 0 Å². The zero-order valence-corrected chi connectivity index (χ0v) is 11.9. The maximum atomic E-state index is 13.9. The SMILES string of the molecule is O=C1CNC(c2ccccc2F)N1C1CCS(=O)CC1. The number of nitrogens with zero attached hydrogens (tertiary/aromatic N) is 1. The molecule has 1 N–H and O–H groups in total. The smallest absolute Gasteiger partial charge is 0.238 e. The quantitative estimate of drug-likeness (QED) is 0.891. The van der Waals surface area contributed by atoms with Gasteiger partial charge in [-0.1, -0.05) is 18.2 Å². The summed E-state index contributed by atoms with van der Waals surface area (Å²) in [6.07, 6.45) is 1.05. The van der Waals surface area contributed by atoms with Gasteiger partial charge in [0.25, 0.3) is 0 Å². The Labute approximate surface area is 119 Å². The fraction of sp³-hybridized carbons (Fsp3) is 0.500. The molecule has 0 bridgehead atoms. The Kier molecular flexibility index (Phi) is 3.85. The summed E-state index contributed by atoms with van der Waals surface area (Å²) in [6.45, 7) is 0.235. The van der Waals surface area contributed by atoms with Gasteiger partial charge in [-0.15, -0.1) is 0 Å². The van der Waals surface area contributed by atoms with Crippen LogP contribution in [0, 0.1) is 5.82 Å². The van der Waals surface area contributed by atoms with Crippen LogP contribution in [0.15, 0.2) is 24.3 Å². The lowest BCUT2D eigenvalue weighted by molar-refractivity contribution is -0.130. The average Bonchev–Trinajstić information content (AvgIpc) is 2.82. The van der Waals surface area contributed by atoms with E-state index < -0.39 is 17.0 Å². The summed E-state index contributed by atoms with van der Waals surface area (Å²) in [5.41, 5.74) is 0.505. The topological polar surface area (TPSA) is 49.4 Å². The van der Waals surface area contributed by atoms with Crippen molar-refractivity contribution in [3.63, 3.8) is 0 Å². The highest BCUT2D eigenvalue weighted by Gasteiger charge is 2.38. The van der Waals surface area contributed by atoms with Crippen LogP contribution in [0.3, 0.4) is 0 Å². The number of benzene rings is 1. The van der Waals surface area contributed by atoms with Crippen LogP contribution in [0.4, 0.5) is 4.39 Å². The first kappa shape index (κ1) is 13.7. The van der Waals surface area contributed by atoms with Gasteiger partial charge in [0, 0.05) is 33.9 Å². The molecule has 0 spiro atoms. The summed E-state index contributed by atoms with van der Waals surface area (Å²) < 4.78 is 25.4. The second kappa shape index (κ2) is 5.61. The minimum atomic E-state index is -0.765. The standard InChI is InChI=1S/C14H17FN2O2S/c15-12-4-2-1-3-11(12)14-16-9-13(18)17(14)10-5-7-20(19)8-6-10/h1-4,10,14,16H,5-9H2. The molecule has 0 aromatic heterocycles. The van der Waals surface area contributed by atoms with Crippen LogP contribution in [-0.2, 0) is 15.6 Å². The Morgan fingerprint density at radius 1 is 1.25 bits per heavy atom. The first-order chi connectivity index (χ1) is 9.66. The predicted octanol–water partition coefficient (Wildman–Crippen LogP) is 1.17. The van der Waals surface area contributed by atoms with Crippen LogP contribution >= 0.6 is 0 Å². The van der Waals surface area contributed by atoms with Gasteiger partial charge < -0.3 is 4.90 Å². The number of carbonyl (C=O) groups excluding carboxylic acids is 1. The van der Waals surface area contributed by atoms with E-state index in [-0.39, 0.29) is 24.3 Å². The summed E-state index contributed by atoms with van der Waals surface area (Å²) in [5.74, 6) is 0.941. The normalized spacial score (nSPS) is 30.8. The highest BCUT2D eigenvalue weighted by atomic mass is 32.2. The van der Waals surface area contributed by atoms with E-state index in [2.05, 4.69) is 5.32 Å². The maximum Gasteiger partial charge on any atom is 0.238 e. The fourth-order valence-electron chi connectivity index (χ4n) is 2.95. The van der Waals surface area contributed by atoms with Gasteiger partial charge in [0.1, 0.15) is 12.0 Å². The third-order valence-electron chi connectivity index (χ3n) is 3.96. The average molecular weight is 296 g/mol. The monoisotopic (exact) mass is 296 g/mol. The molecule has 2 heterocycles. The Hall–Kier alpha value is -1.27. The first-order valence-corrected chi connectivity index (χ1v) is 8.29. The molecule has 4 nitrogen and oxygen atoms in total. The van der Waals surface area contributed by atoms with Crippen LogP contribution in [0.5, 0.6) is 0 Å². The molecule has 1 unspecified atom stereocenters. The largest absolute Gasteiger partial charge is 0.319 e. The van der Waals surface area contributed by atoms with Crippen molar-refractivity contribution in [1.82, 2.24) is 10.2 Å². The molecule has 0 aliphatic carbocycles. The van der Waals surface area contributed by atoms with Crippen molar-refractivity contribution in [3.8, 4) is 0 Å². The molecule has 0 saturated carbocycles. The highest BCUT2D eigenvalue weighted by molar-refractivity contribution is 7.85. The van der Waals surface area contributed by atoms with Gasteiger partial charge in [-0.05, 0) is 18.9 Å². The second-order valence-electron chi connectivity index (χ2n) is 5.19. The number of carbonyl (C=O) groups is 1. The highest BCUT2D eigenvalue weighted by Crippen LogP contribution is 2.30. The molecule has 2 saturated heterocycles. The van der Waals surface area contributed by atoms with Crippen LogP contribution in [0.1, 0.15) is 24.6 Å². The molecule has 1 aromatic rings. The molecule has 6 heteroatoms. The third-order valence-corrected chi connectivity index (χ3v) is 5.35. The van der Waals surface area contributed by atoms with Crippen molar-refractivity contribution in [3.05, 3.63) is 35.6 Å². The lowest BCUT2D eigenvalue weighted by atomic mass is 10.1. The molecule has 2 aliphatic heterocycles. The van der Waals surface area contributed by atoms with Crippen LogP contribution in [-0.4, -0.2) is 39.1 Å². The number of hydrogen-bond donors (Lipinski definition) is 1. The number of halogens is 1. The van der Waals surface area contributed by atoms with E-state index >= 15 is 0 Å². The summed E-state index contributed by atoms with van der Waals surface area (Å²) in [6, 6.07) is 6.59. The number of amides is 1. The lowest BCUT2D eigenvalue weighted by Gasteiger charge is -2.35. The molecule has 20 heavy (non-hydrogen) atoms. The summed E-state index contributed by atoms with van der Waals surface area (Å²) >= 11 is 0. The van der Waals surface area contributed by atoms with Crippen molar-refractivity contribution in [1.29, 1.82) is 0 Å². The molecular weight excluding hydrogens is 279 g/mol. The molecule has 1 atom stereocenters. The van der Waals surface area contributed by atoms with Gasteiger partial charge in [0.15, 0.2) is 0 Å². The summed E-state index contributed by atoms with van der Waals surface area (Å²) in [5, 5.41) is 3.08. The molecule has 108 valence electrons. The van der Waals surface area contributed by atoms with Crippen LogP contribution in [0.2, 0.25) is 0 Å². The molecule has 0 radical (unpaired) electrons. The van der Waals surface area contributed by atoms with Gasteiger partial charge in [0.05, 0.1) is 6.54 Å². The van der Waals surface area contributed by atoms with E-state index in [0.29, 0.717) is 17.1 Å². The second-order valence-corrected chi connectivity index (χ2v) is 6.88. The van der Waals surface area contributed by atoms with Gasteiger partial charge in [0.2, 0.25) is 5.91 Å². The summed E-state index contributed by atoms with van der Waals surface area (Å²) in [4.78, 5) is 13.9. The molecule has 3 rings (SSSR count). The zero-order valence-electron chi connectivity index (χ0n) is 11.0. The predicted molar refractivity (Wildman–Crippen MR) is 74.9 cm³/mol. The molecule has 2 aliphatic rings. The van der Waals surface area contributed by atoms with Gasteiger partial charge >= 0.3 is 0 Å². The van der Waals surface area contributed by atoms with Gasteiger partial charge in [-0.3, -0.25) is 14.3 Å². The lowest BCUT2D eigenvalue weighted by Crippen LogP contribution is -2.43. The molecular formula is C14H17FN2O2S. The van der Waals surface area contributed by atoms with Gasteiger partial charge in [-0.2, -0.15) is 0 Å². The molecule has 2 fully saturated rings. The maximum absolute atomic E-state index is 13.9. The summed E-state index contributed by atoms with van der Waals surface area (Å²) in [7, 11) is -0.765. The van der Waals surface area contributed by atoms with E-state index in [9.17, 15) is 13.4 Å². The Balaban J connectivity index is 1.85. The van der Waals surface area contributed by atoms with Crippen molar-refractivity contribution in [2.75, 3.05) is 18.1 Å². The van der Waals surface area contributed by atoms with E-state index in [0.717, 1.165) is 12.8 Å². The zero-order chi connectivity index (χ0) is 14.1. The number of rotatable bonds is 2. The Morgan fingerprint density at radius 3 is 2.65 bits per heavy atom. The fourth-order valence-corrected chi connectivity index (χ4v) is 4.22.